The fraction of sp³-hybridized carbons (Fsp3) is 0.458. The van der Waals surface area contributed by atoms with Crippen LogP contribution >= 0.6 is 0 Å². The summed E-state index contributed by atoms with van der Waals surface area (Å²) in [5.41, 5.74) is 3.63. The Bertz CT molecular complexity index is 848. The van der Waals surface area contributed by atoms with E-state index in [1.54, 1.807) is 21.3 Å². The normalized spacial score (nSPS) is 14.9. The standard InChI is InChI=1S/C24H34N4O3/c1-25-24(27(2)18-21-9-10-22(29-3)15-23(21)30-4)26-16-19-5-7-20(8-6-19)17-28-11-13-31-14-12-28/h5-10,15H,11-14,16-18H2,1-4H3,(H,25,26). The summed E-state index contributed by atoms with van der Waals surface area (Å²) in [6, 6.07) is 14.7. The van der Waals surface area contributed by atoms with Crippen LogP contribution in [0, 0.1) is 0 Å². The third-order valence-electron chi connectivity index (χ3n) is 5.46. The molecule has 1 N–H and O–H groups in total. The second kappa shape index (κ2) is 11.6. The summed E-state index contributed by atoms with van der Waals surface area (Å²) in [6.45, 7) is 6.04. The molecule has 31 heavy (non-hydrogen) atoms. The lowest BCUT2D eigenvalue weighted by Crippen LogP contribution is -2.38. The van der Waals surface area contributed by atoms with Crippen LogP contribution in [-0.4, -0.2) is 70.4 Å². The smallest absolute Gasteiger partial charge is 0.193 e. The van der Waals surface area contributed by atoms with Gasteiger partial charge in [-0.15, -0.1) is 0 Å². The Morgan fingerprint density at radius 1 is 1.06 bits per heavy atom. The lowest BCUT2D eigenvalue weighted by Gasteiger charge is -2.26. The fourth-order valence-electron chi connectivity index (χ4n) is 3.66. The molecule has 1 saturated heterocycles. The van der Waals surface area contributed by atoms with Crippen molar-refractivity contribution < 1.29 is 14.2 Å². The molecule has 0 aliphatic carbocycles. The number of rotatable bonds is 8. The predicted octanol–water partition coefficient (Wildman–Crippen LogP) is 2.74. The molecule has 1 fully saturated rings. The van der Waals surface area contributed by atoms with Gasteiger partial charge in [0.15, 0.2) is 5.96 Å². The number of nitrogens with zero attached hydrogens (tertiary/aromatic N) is 3. The Balaban J connectivity index is 1.53. The second-order valence-corrected chi connectivity index (χ2v) is 7.64. The average molecular weight is 427 g/mol. The molecule has 0 spiro atoms. The molecule has 0 amide bonds. The summed E-state index contributed by atoms with van der Waals surface area (Å²) in [5, 5.41) is 3.45. The van der Waals surface area contributed by atoms with E-state index >= 15 is 0 Å². The van der Waals surface area contributed by atoms with E-state index in [1.165, 1.54) is 11.1 Å². The van der Waals surface area contributed by atoms with Crippen LogP contribution in [0.5, 0.6) is 11.5 Å². The molecule has 2 aromatic rings. The highest BCUT2D eigenvalue weighted by Gasteiger charge is 2.12. The minimum Gasteiger partial charge on any atom is -0.497 e. The molecule has 0 bridgehead atoms. The minimum atomic E-state index is 0.672. The van der Waals surface area contributed by atoms with Crippen LogP contribution in [0.25, 0.3) is 0 Å². The van der Waals surface area contributed by atoms with Crippen molar-refractivity contribution in [3.8, 4) is 11.5 Å². The summed E-state index contributed by atoms with van der Waals surface area (Å²) in [7, 11) is 7.15. The van der Waals surface area contributed by atoms with Crippen LogP contribution in [0.1, 0.15) is 16.7 Å². The van der Waals surface area contributed by atoms with Crippen molar-refractivity contribution in [2.24, 2.45) is 4.99 Å². The van der Waals surface area contributed by atoms with E-state index in [0.29, 0.717) is 13.1 Å². The van der Waals surface area contributed by atoms with Gasteiger partial charge in [-0.05, 0) is 23.3 Å². The lowest BCUT2D eigenvalue weighted by molar-refractivity contribution is 0.0342. The molecule has 0 radical (unpaired) electrons. The number of benzene rings is 2. The summed E-state index contributed by atoms with van der Waals surface area (Å²) >= 11 is 0. The first-order valence-electron chi connectivity index (χ1n) is 10.6. The highest BCUT2D eigenvalue weighted by atomic mass is 16.5. The SMILES string of the molecule is CN=C(NCc1ccc(CN2CCOCC2)cc1)N(C)Cc1ccc(OC)cc1OC. The zero-order valence-electron chi connectivity index (χ0n) is 19.1. The van der Waals surface area contributed by atoms with Gasteiger partial charge in [0.25, 0.3) is 0 Å². The molecular formula is C24H34N4O3. The molecule has 0 unspecified atom stereocenters. The fourth-order valence-corrected chi connectivity index (χ4v) is 3.66. The number of guanidine groups is 1. The zero-order valence-corrected chi connectivity index (χ0v) is 19.1. The third kappa shape index (κ3) is 6.60. The number of nitrogens with one attached hydrogen (secondary N) is 1. The summed E-state index contributed by atoms with van der Waals surface area (Å²) in [4.78, 5) is 8.94. The van der Waals surface area contributed by atoms with Gasteiger partial charge >= 0.3 is 0 Å². The minimum absolute atomic E-state index is 0.672. The van der Waals surface area contributed by atoms with Crippen LogP contribution in [-0.2, 0) is 24.4 Å². The third-order valence-corrected chi connectivity index (χ3v) is 5.46. The van der Waals surface area contributed by atoms with Gasteiger partial charge in [-0.1, -0.05) is 24.3 Å². The van der Waals surface area contributed by atoms with Crippen molar-refractivity contribution >= 4 is 5.96 Å². The molecule has 1 aliphatic rings. The molecule has 7 nitrogen and oxygen atoms in total. The maximum atomic E-state index is 5.52. The first kappa shape index (κ1) is 22.9. The van der Waals surface area contributed by atoms with E-state index in [2.05, 4.69) is 44.4 Å². The van der Waals surface area contributed by atoms with Crippen molar-refractivity contribution in [1.29, 1.82) is 0 Å². The van der Waals surface area contributed by atoms with Crippen LogP contribution in [0.15, 0.2) is 47.5 Å². The molecule has 2 aromatic carbocycles. The highest BCUT2D eigenvalue weighted by Crippen LogP contribution is 2.25. The first-order chi connectivity index (χ1) is 15.1. The Hall–Kier alpha value is -2.77. The van der Waals surface area contributed by atoms with E-state index in [-0.39, 0.29) is 0 Å². The van der Waals surface area contributed by atoms with Gasteiger partial charge in [0.1, 0.15) is 11.5 Å². The van der Waals surface area contributed by atoms with Crippen molar-refractivity contribution in [2.75, 3.05) is 54.6 Å². The van der Waals surface area contributed by atoms with Crippen LogP contribution in [0.2, 0.25) is 0 Å². The van der Waals surface area contributed by atoms with Crippen LogP contribution in [0.3, 0.4) is 0 Å². The van der Waals surface area contributed by atoms with Crippen molar-refractivity contribution in [3.63, 3.8) is 0 Å². The van der Waals surface area contributed by atoms with Gasteiger partial charge in [0.05, 0.1) is 27.4 Å². The molecule has 7 heteroatoms. The first-order valence-corrected chi connectivity index (χ1v) is 10.6. The topological polar surface area (TPSA) is 58.6 Å². The molecule has 0 saturated carbocycles. The van der Waals surface area contributed by atoms with Gasteiger partial charge in [0.2, 0.25) is 0 Å². The maximum absolute atomic E-state index is 5.52. The van der Waals surface area contributed by atoms with Gasteiger partial charge in [-0.3, -0.25) is 9.89 Å². The van der Waals surface area contributed by atoms with Crippen molar-refractivity contribution in [3.05, 3.63) is 59.2 Å². The maximum Gasteiger partial charge on any atom is 0.193 e. The van der Waals surface area contributed by atoms with Crippen molar-refractivity contribution in [1.82, 2.24) is 15.1 Å². The summed E-state index contributed by atoms with van der Waals surface area (Å²) in [5.74, 6) is 2.41. The molecule has 0 aromatic heterocycles. The molecular weight excluding hydrogens is 392 g/mol. The molecule has 3 rings (SSSR count). The Morgan fingerprint density at radius 3 is 2.42 bits per heavy atom. The van der Waals surface area contributed by atoms with Crippen LogP contribution < -0.4 is 14.8 Å². The molecule has 1 aliphatic heterocycles. The van der Waals surface area contributed by atoms with E-state index in [1.807, 2.05) is 25.2 Å². The lowest BCUT2D eigenvalue weighted by atomic mass is 10.1. The monoisotopic (exact) mass is 426 g/mol. The molecule has 0 atom stereocenters. The van der Waals surface area contributed by atoms with E-state index in [4.69, 9.17) is 14.2 Å². The molecule has 1 heterocycles. The number of aliphatic imine (C=N–C) groups is 1. The summed E-state index contributed by atoms with van der Waals surface area (Å²) in [6.07, 6.45) is 0. The Morgan fingerprint density at radius 2 is 1.77 bits per heavy atom. The van der Waals surface area contributed by atoms with E-state index < -0.39 is 0 Å². The zero-order chi connectivity index (χ0) is 22.1. The predicted molar refractivity (Wildman–Crippen MR) is 124 cm³/mol. The Labute approximate surface area is 185 Å². The summed E-state index contributed by atoms with van der Waals surface area (Å²) < 4.78 is 16.2. The van der Waals surface area contributed by atoms with Gasteiger partial charge in [-0.25, -0.2) is 0 Å². The Kier molecular flexibility index (Phi) is 8.55. The largest absolute Gasteiger partial charge is 0.497 e. The number of hydrogen-bond acceptors (Lipinski definition) is 5. The average Bonchev–Trinajstić information content (AvgIpc) is 2.81. The number of hydrogen-bond donors (Lipinski definition) is 1. The van der Waals surface area contributed by atoms with E-state index in [0.717, 1.165) is 55.9 Å². The number of methoxy groups -OCH3 is 2. The second-order valence-electron chi connectivity index (χ2n) is 7.64. The highest BCUT2D eigenvalue weighted by molar-refractivity contribution is 5.79. The quantitative estimate of drug-likeness (QED) is 0.517. The van der Waals surface area contributed by atoms with Crippen LogP contribution in [0.4, 0.5) is 0 Å². The van der Waals surface area contributed by atoms with Gasteiger partial charge in [0, 0.05) is 58.4 Å². The van der Waals surface area contributed by atoms with Gasteiger partial charge < -0.3 is 24.4 Å². The van der Waals surface area contributed by atoms with Crippen molar-refractivity contribution in [2.45, 2.75) is 19.6 Å². The molecule has 168 valence electrons. The number of ether oxygens (including phenoxy) is 3. The van der Waals surface area contributed by atoms with Gasteiger partial charge in [-0.2, -0.15) is 0 Å². The van der Waals surface area contributed by atoms with E-state index in [9.17, 15) is 0 Å². The number of morpholine rings is 1.